The smallest absolute Gasteiger partial charge is 0.290 e. The van der Waals surface area contributed by atoms with Crippen LogP contribution >= 0.6 is 0 Å². The number of carbonyl (C=O) groups is 3. The minimum atomic E-state index is -0.419. The van der Waals surface area contributed by atoms with Crippen LogP contribution in [0.3, 0.4) is 0 Å². The first-order valence-corrected chi connectivity index (χ1v) is 8.26. The molecule has 0 saturated carbocycles. The number of hydrogen-bond acceptors (Lipinski definition) is 6. The van der Waals surface area contributed by atoms with E-state index in [4.69, 9.17) is 14.6 Å². The van der Waals surface area contributed by atoms with Gasteiger partial charge in [-0.3, -0.25) is 23.6 Å². The molecular formula is C17H18N4O6. The van der Waals surface area contributed by atoms with Gasteiger partial charge in [0.1, 0.15) is 11.2 Å². The molecule has 4 rings (SSSR count). The third-order valence-electron chi connectivity index (χ3n) is 4.37. The second kappa shape index (κ2) is 7.96. The summed E-state index contributed by atoms with van der Waals surface area (Å²) in [5.74, 6) is -0.932. The van der Waals surface area contributed by atoms with Crippen LogP contribution in [-0.4, -0.2) is 70.0 Å². The number of nitrogens with one attached hydrogen (secondary N) is 1. The Morgan fingerprint density at radius 1 is 1.30 bits per heavy atom. The topological polar surface area (TPSA) is 130 Å². The van der Waals surface area contributed by atoms with Crippen molar-refractivity contribution in [3.8, 4) is 0 Å². The van der Waals surface area contributed by atoms with E-state index in [0.717, 1.165) is 0 Å². The normalized spacial score (nSPS) is 21.5. The highest BCUT2D eigenvalue weighted by molar-refractivity contribution is 5.94. The van der Waals surface area contributed by atoms with Gasteiger partial charge in [-0.2, -0.15) is 0 Å². The summed E-state index contributed by atoms with van der Waals surface area (Å²) in [6.07, 6.45) is 2.89. The van der Waals surface area contributed by atoms with Gasteiger partial charge in [0.15, 0.2) is 0 Å². The van der Waals surface area contributed by atoms with Crippen molar-refractivity contribution in [2.24, 2.45) is 5.92 Å². The first-order chi connectivity index (χ1) is 13.0. The van der Waals surface area contributed by atoms with E-state index in [2.05, 4.69) is 10.3 Å². The van der Waals surface area contributed by atoms with Gasteiger partial charge in [0, 0.05) is 25.5 Å². The highest BCUT2D eigenvalue weighted by atomic mass is 16.5. The molecule has 2 amide bonds. The van der Waals surface area contributed by atoms with Gasteiger partial charge in [0.2, 0.25) is 5.91 Å². The van der Waals surface area contributed by atoms with Crippen LogP contribution in [0.2, 0.25) is 0 Å². The summed E-state index contributed by atoms with van der Waals surface area (Å²) in [7, 11) is 0. The van der Waals surface area contributed by atoms with Crippen molar-refractivity contribution < 1.29 is 24.2 Å². The van der Waals surface area contributed by atoms with E-state index in [9.17, 15) is 14.4 Å². The van der Waals surface area contributed by atoms with Crippen molar-refractivity contribution in [3.05, 3.63) is 46.5 Å². The monoisotopic (exact) mass is 374 g/mol. The van der Waals surface area contributed by atoms with E-state index in [-0.39, 0.29) is 37.1 Å². The summed E-state index contributed by atoms with van der Waals surface area (Å²) in [5.41, 5.74) is 0.0830. The van der Waals surface area contributed by atoms with Crippen molar-refractivity contribution >= 4 is 23.9 Å². The van der Waals surface area contributed by atoms with Crippen LogP contribution in [0.5, 0.6) is 0 Å². The average Bonchev–Trinajstić information content (AvgIpc) is 2.91. The fourth-order valence-electron chi connectivity index (χ4n) is 3.14. The van der Waals surface area contributed by atoms with E-state index in [0.29, 0.717) is 18.8 Å². The Bertz CT molecular complexity index is 927. The third-order valence-corrected chi connectivity index (χ3v) is 4.37. The van der Waals surface area contributed by atoms with Gasteiger partial charge in [-0.1, -0.05) is 6.07 Å². The predicted octanol–water partition coefficient (Wildman–Crippen LogP) is -1.02. The lowest BCUT2D eigenvalue weighted by Crippen LogP contribution is -2.45. The molecule has 2 atom stereocenters. The van der Waals surface area contributed by atoms with Crippen molar-refractivity contribution in [3.63, 3.8) is 0 Å². The molecule has 2 bridgehead atoms. The molecule has 2 N–H and O–H groups in total. The molecule has 142 valence electrons. The number of nitrogens with zero attached hydrogens (tertiary/aromatic N) is 3. The Morgan fingerprint density at radius 2 is 2.07 bits per heavy atom. The van der Waals surface area contributed by atoms with Gasteiger partial charge >= 0.3 is 0 Å². The molecule has 2 fully saturated rings. The van der Waals surface area contributed by atoms with Crippen LogP contribution < -0.4 is 10.9 Å². The zero-order valence-corrected chi connectivity index (χ0v) is 14.3. The Morgan fingerprint density at radius 3 is 2.85 bits per heavy atom. The van der Waals surface area contributed by atoms with Crippen LogP contribution in [0, 0.1) is 5.92 Å². The van der Waals surface area contributed by atoms with Crippen molar-refractivity contribution in [1.82, 2.24) is 19.6 Å². The molecule has 10 heteroatoms. The van der Waals surface area contributed by atoms with E-state index in [1.54, 1.807) is 29.3 Å². The first-order valence-electron chi connectivity index (χ1n) is 8.26. The molecule has 4 heterocycles. The lowest BCUT2D eigenvalue weighted by Gasteiger charge is -2.27. The summed E-state index contributed by atoms with van der Waals surface area (Å²) >= 11 is 0. The number of rotatable bonds is 1. The fraction of sp³-hybridized carbons (Fsp3) is 0.353. The molecule has 0 aromatic carbocycles. The van der Waals surface area contributed by atoms with Gasteiger partial charge in [0.05, 0.1) is 25.2 Å². The molecule has 0 radical (unpaired) electrons. The molecule has 2 aliphatic heterocycles. The Hall–Kier alpha value is -3.27. The van der Waals surface area contributed by atoms with Crippen LogP contribution in [0.4, 0.5) is 0 Å². The Balaban J connectivity index is 0.000000659. The number of ether oxygens (including phenoxy) is 1. The summed E-state index contributed by atoms with van der Waals surface area (Å²) < 4.78 is 6.79. The number of hydrogen-bond donors (Lipinski definition) is 2. The maximum Gasteiger partial charge on any atom is 0.290 e. The molecule has 2 aromatic rings. The lowest BCUT2D eigenvalue weighted by atomic mass is 10.1. The molecule has 2 aliphatic rings. The van der Waals surface area contributed by atoms with Gasteiger partial charge in [-0.15, -0.1) is 0 Å². The number of aromatic nitrogens is 2. The highest BCUT2D eigenvalue weighted by Crippen LogP contribution is 2.15. The van der Waals surface area contributed by atoms with Gasteiger partial charge < -0.3 is 20.1 Å². The largest absolute Gasteiger partial charge is 0.483 e. The van der Waals surface area contributed by atoms with E-state index in [1.165, 1.54) is 10.6 Å². The predicted molar refractivity (Wildman–Crippen MR) is 92.3 cm³/mol. The highest BCUT2D eigenvalue weighted by Gasteiger charge is 2.36. The molecule has 2 saturated heterocycles. The molecule has 2 aromatic heterocycles. The van der Waals surface area contributed by atoms with Crippen molar-refractivity contribution in [2.45, 2.75) is 6.04 Å². The van der Waals surface area contributed by atoms with Crippen LogP contribution in [0.25, 0.3) is 5.65 Å². The van der Waals surface area contributed by atoms with Gasteiger partial charge in [-0.25, -0.2) is 4.98 Å². The maximum atomic E-state index is 12.8. The standard InChI is InChI=1S/C16H16N4O4.CH2O2/c21-14-10-6-19(7-11(18-14)9-24-8-10)15(22)12-5-17-13-3-1-2-4-20(13)16(12)23;2-1-3/h1-5,10-11H,6-9H2,(H,18,21);1H,(H,2,3)/t10-,11+;/m1./s1. The van der Waals surface area contributed by atoms with E-state index >= 15 is 0 Å². The lowest BCUT2D eigenvalue weighted by molar-refractivity contribution is -0.125. The average molecular weight is 374 g/mol. The Labute approximate surface area is 153 Å². The SMILES string of the molecule is O=C1N[C@@H]2COC[C@H]1CN(C(=O)c1cnc3ccccn3c1=O)C2.O=CO. The molecular weight excluding hydrogens is 356 g/mol. The summed E-state index contributed by atoms with van der Waals surface area (Å²) in [6.45, 7) is 0.943. The molecule has 10 nitrogen and oxygen atoms in total. The van der Waals surface area contributed by atoms with E-state index in [1.807, 2.05) is 0 Å². The van der Waals surface area contributed by atoms with Crippen LogP contribution in [0.1, 0.15) is 10.4 Å². The number of amides is 2. The van der Waals surface area contributed by atoms with E-state index < -0.39 is 17.4 Å². The zero-order chi connectivity index (χ0) is 19.4. The third kappa shape index (κ3) is 3.80. The maximum absolute atomic E-state index is 12.8. The van der Waals surface area contributed by atoms with Gasteiger partial charge in [-0.05, 0) is 12.1 Å². The second-order valence-electron chi connectivity index (χ2n) is 6.16. The minimum Gasteiger partial charge on any atom is -0.483 e. The number of pyridine rings is 1. The van der Waals surface area contributed by atoms with Crippen LogP contribution in [-0.2, 0) is 14.3 Å². The molecule has 0 unspecified atom stereocenters. The number of fused-ring (bicyclic) bond motifs is 4. The summed E-state index contributed by atoms with van der Waals surface area (Å²) in [4.78, 5) is 51.5. The molecule has 27 heavy (non-hydrogen) atoms. The minimum absolute atomic E-state index is 0.00652. The quantitative estimate of drug-likeness (QED) is 0.611. The first kappa shape index (κ1) is 18.5. The Kier molecular flexibility index (Phi) is 5.46. The number of carbonyl (C=O) groups excluding carboxylic acids is 2. The van der Waals surface area contributed by atoms with Crippen molar-refractivity contribution in [1.29, 1.82) is 0 Å². The summed E-state index contributed by atoms with van der Waals surface area (Å²) in [6, 6.07) is 4.92. The fourth-order valence-corrected chi connectivity index (χ4v) is 3.14. The molecule has 0 spiro atoms. The number of carboxylic acid groups (broad SMARTS) is 1. The van der Waals surface area contributed by atoms with Crippen LogP contribution in [0.15, 0.2) is 35.4 Å². The summed E-state index contributed by atoms with van der Waals surface area (Å²) in [5, 5.41) is 9.75. The molecule has 0 aliphatic carbocycles. The van der Waals surface area contributed by atoms with Gasteiger partial charge in [0.25, 0.3) is 17.9 Å². The van der Waals surface area contributed by atoms with Crippen molar-refractivity contribution in [2.75, 3.05) is 26.3 Å². The second-order valence-corrected chi connectivity index (χ2v) is 6.16. The zero-order valence-electron chi connectivity index (χ0n) is 14.3.